The first kappa shape index (κ1) is 6.58. The van der Waals surface area contributed by atoms with Crippen LogP contribution in [0.3, 0.4) is 0 Å². The van der Waals surface area contributed by atoms with E-state index in [1.807, 2.05) is 0 Å². The van der Waals surface area contributed by atoms with Crippen LogP contribution >= 0.6 is 0 Å². The molecular weight excluding hydrogens is 130 g/mol. The third-order valence-corrected chi connectivity index (χ3v) is 1.98. The summed E-state index contributed by atoms with van der Waals surface area (Å²) in [5, 5.41) is 0. The van der Waals surface area contributed by atoms with Crippen molar-refractivity contribution < 1.29 is 9.47 Å². The minimum Gasteiger partial charge on any atom is -0.335 e. The van der Waals surface area contributed by atoms with Crippen LogP contribution in [0.4, 0.5) is 0 Å². The van der Waals surface area contributed by atoms with Gasteiger partial charge in [-0.2, -0.15) is 0 Å². The Balaban J connectivity index is 2.00. The lowest BCUT2D eigenvalue weighted by Gasteiger charge is -2.08. The molecule has 2 aliphatic heterocycles. The molecule has 10 heavy (non-hydrogen) atoms. The molecule has 0 radical (unpaired) electrons. The van der Waals surface area contributed by atoms with Crippen molar-refractivity contribution in [2.24, 2.45) is 0 Å². The Kier molecular flexibility index (Phi) is 1.44. The van der Waals surface area contributed by atoms with Crippen LogP contribution in [0.25, 0.3) is 0 Å². The fraction of sp³-hybridized carbons (Fsp3) is 1.00. The summed E-state index contributed by atoms with van der Waals surface area (Å²) in [6.07, 6.45) is 0.653. The number of ether oxygens (including phenoxy) is 2. The maximum Gasteiger partial charge on any atom is 0.219 e. The van der Waals surface area contributed by atoms with E-state index in [0.29, 0.717) is 12.2 Å². The molecule has 2 heterocycles. The van der Waals surface area contributed by atoms with E-state index in [-0.39, 0.29) is 6.41 Å². The molecule has 2 atom stereocenters. The van der Waals surface area contributed by atoms with Crippen molar-refractivity contribution in [1.29, 1.82) is 0 Å². The minimum absolute atomic E-state index is 0.0370. The van der Waals surface area contributed by atoms with E-state index in [0.717, 1.165) is 13.1 Å². The highest BCUT2D eigenvalue weighted by Gasteiger charge is 2.38. The summed E-state index contributed by atoms with van der Waals surface area (Å²) in [4.78, 5) is 2.23. The van der Waals surface area contributed by atoms with E-state index in [9.17, 15) is 0 Å². The molecule has 0 spiro atoms. The predicted octanol–water partition coefficient (Wildman–Crippen LogP) is 0.409. The second-order valence-electron chi connectivity index (χ2n) is 3.15. The lowest BCUT2D eigenvalue weighted by molar-refractivity contribution is -0.152. The SMILES string of the molecule is CC1CN2CC(C)OC2O1. The molecule has 2 aliphatic rings. The smallest absolute Gasteiger partial charge is 0.219 e. The molecule has 0 aliphatic carbocycles. The van der Waals surface area contributed by atoms with Gasteiger partial charge in [0.05, 0.1) is 12.2 Å². The summed E-state index contributed by atoms with van der Waals surface area (Å²) in [5.74, 6) is 0. The lowest BCUT2D eigenvalue weighted by Crippen LogP contribution is -2.24. The van der Waals surface area contributed by atoms with E-state index >= 15 is 0 Å². The summed E-state index contributed by atoms with van der Waals surface area (Å²) in [7, 11) is 0. The normalized spacial score (nSPS) is 48.0. The predicted molar refractivity (Wildman–Crippen MR) is 36.5 cm³/mol. The van der Waals surface area contributed by atoms with Gasteiger partial charge in [0, 0.05) is 13.1 Å². The van der Waals surface area contributed by atoms with Crippen molar-refractivity contribution in [3.05, 3.63) is 0 Å². The highest BCUT2D eigenvalue weighted by molar-refractivity contribution is 4.77. The van der Waals surface area contributed by atoms with Gasteiger partial charge in [0.2, 0.25) is 6.41 Å². The molecule has 2 unspecified atom stereocenters. The van der Waals surface area contributed by atoms with Crippen molar-refractivity contribution in [2.45, 2.75) is 32.5 Å². The Hall–Kier alpha value is -0.120. The first-order chi connectivity index (χ1) is 4.75. The van der Waals surface area contributed by atoms with Crippen molar-refractivity contribution in [2.75, 3.05) is 13.1 Å². The molecule has 3 nitrogen and oxygen atoms in total. The van der Waals surface area contributed by atoms with E-state index < -0.39 is 0 Å². The molecule has 0 N–H and O–H groups in total. The molecule has 0 bridgehead atoms. The van der Waals surface area contributed by atoms with Crippen molar-refractivity contribution >= 4 is 0 Å². The van der Waals surface area contributed by atoms with Crippen LogP contribution in [0.1, 0.15) is 13.8 Å². The van der Waals surface area contributed by atoms with Gasteiger partial charge in [0.25, 0.3) is 0 Å². The van der Waals surface area contributed by atoms with E-state index in [1.165, 1.54) is 0 Å². The number of hydrogen-bond acceptors (Lipinski definition) is 3. The summed E-state index contributed by atoms with van der Waals surface area (Å²) in [6.45, 7) is 6.20. The van der Waals surface area contributed by atoms with Crippen molar-refractivity contribution in [1.82, 2.24) is 4.90 Å². The van der Waals surface area contributed by atoms with Gasteiger partial charge in [-0.15, -0.1) is 0 Å². The first-order valence-corrected chi connectivity index (χ1v) is 3.80. The highest BCUT2D eigenvalue weighted by Crippen LogP contribution is 2.24. The first-order valence-electron chi connectivity index (χ1n) is 3.80. The Labute approximate surface area is 60.9 Å². The number of fused-ring (bicyclic) bond motifs is 1. The van der Waals surface area contributed by atoms with Gasteiger partial charge in [0.15, 0.2) is 0 Å². The molecule has 2 fully saturated rings. The second kappa shape index (κ2) is 2.19. The summed E-state index contributed by atoms with van der Waals surface area (Å²) < 4.78 is 10.9. The average Bonchev–Trinajstić information content (AvgIpc) is 2.21. The van der Waals surface area contributed by atoms with Crippen LogP contribution in [-0.4, -0.2) is 36.6 Å². The zero-order valence-corrected chi connectivity index (χ0v) is 6.41. The molecule has 2 rings (SSSR count). The zero-order chi connectivity index (χ0) is 7.14. The van der Waals surface area contributed by atoms with Crippen molar-refractivity contribution in [3.63, 3.8) is 0 Å². The van der Waals surface area contributed by atoms with Gasteiger partial charge in [-0.1, -0.05) is 0 Å². The summed E-state index contributed by atoms with van der Waals surface area (Å²) in [5.41, 5.74) is 0. The Bertz CT molecular complexity index is 112. The molecule has 58 valence electrons. The quantitative estimate of drug-likeness (QED) is 0.490. The Morgan fingerprint density at radius 1 is 1.10 bits per heavy atom. The molecular formula is C7H13NO2. The number of rotatable bonds is 0. The molecule has 0 amide bonds. The van der Waals surface area contributed by atoms with Crippen LogP contribution in [0.2, 0.25) is 0 Å². The van der Waals surface area contributed by atoms with E-state index in [1.54, 1.807) is 0 Å². The second-order valence-corrected chi connectivity index (χ2v) is 3.15. The standard InChI is InChI=1S/C7H13NO2/c1-5-3-8-4-6(2)10-7(8)9-5/h5-7H,3-4H2,1-2H3. The van der Waals surface area contributed by atoms with Crippen LogP contribution in [0.5, 0.6) is 0 Å². The van der Waals surface area contributed by atoms with Gasteiger partial charge >= 0.3 is 0 Å². The Morgan fingerprint density at radius 3 is 2.00 bits per heavy atom. The van der Waals surface area contributed by atoms with E-state index in [4.69, 9.17) is 9.47 Å². The van der Waals surface area contributed by atoms with Crippen LogP contribution in [0.15, 0.2) is 0 Å². The number of nitrogens with zero attached hydrogens (tertiary/aromatic N) is 1. The highest BCUT2D eigenvalue weighted by atomic mass is 16.7. The summed E-state index contributed by atoms with van der Waals surface area (Å²) in [6, 6.07) is 0. The van der Waals surface area contributed by atoms with Crippen molar-refractivity contribution in [3.8, 4) is 0 Å². The van der Waals surface area contributed by atoms with Gasteiger partial charge in [-0.05, 0) is 13.8 Å². The van der Waals surface area contributed by atoms with Crippen LogP contribution < -0.4 is 0 Å². The van der Waals surface area contributed by atoms with Gasteiger partial charge in [-0.25, -0.2) is 4.90 Å². The third-order valence-electron chi connectivity index (χ3n) is 1.98. The van der Waals surface area contributed by atoms with E-state index in [2.05, 4.69) is 18.7 Å². The van der Waals surface area contributed by atoms with Crippen LogP contribution in [0, 0.1) is 0 Å². The molecule has 0 aromatic heterocycles. The molecule has 0 aromatic rings. The van der Waals surface area contributed by atoms with Crippen LogP contribution in [-0.2, 0) is 9.47 Å². The monoisotopic (exact) mass is 143 g/mol. The molecule has 0 aromatic carbocycles. The van der Waals surface area contributed by atoms with Gasteiger partial charge in [-0.3, -0.25) is 0 Å². The summed E-state index contributed by atoms with van der Waals surface area (Å²) >= 11 is 0. The molecule has 3 heteroatoms. The van der Waals surface area contributed by atoms with Gasteiger partial charge < -0.3 is 9.47 Å². The third kappa shape index (κ3) is 0.944. The largest absolute Gasteiger partial charge is 0.335 e. The topological polar surface area (TPSA) is 21.7 Å². The zero-order valence-electron chi connectivity index (χ0n) is 6.41. The fourth-order valence-electron chi connectivity index (χ4n) is 1.59. The minimum atomic E-state index is -0.0370. The number of hydrogen-bond donors (Lipinski definition) is 0. The Morgan fingerprint density at radius 2 is 1.60 bits per heavy atom. The van der Waals surface area contributed by atoms with Gasteiger partial charge in [0.1, 0.15) is 0 Å². The lowest BCUT2D eigenvalue weighted by atomic mass is 10.3. The maximum absolute atomic E-state index is 5.46. The maximum atomic E-state index is 5.46. The molecule has 0 saturated carbocycles. The fourth-order valence-corrected chi connectivity index (χ4v) is 1.59. The average molecular weight is 143 g/mol. The molecule has 2 saturated heterocycles.